The normalized spacial score (nSPS) is 11.4. The maximum atomic E-state index is 13.0. The maximum Gasteiger partial charge on any atom is 0.170 e. The van der Waals surface area contributed by atoms with Crippen LogP contribution in [0.3, 0.4) is 0 Å². The number of amidine groups is 1. The molecule has 98 valence electrons. The van der Waals surface area contributed by atoms with E-state index in [1.54, 1.807) is 18.2 Å². The maximum absolute atomic E-state index is 13.0. The zero-order chi connectivity index (χ0) is 13.7. The monoisotopic (exact) mass is 278 g/mol. The molecule has 0 bridgehead atoms. The summed E-state index contributed by atoms with van der Waals surface area (Å²) in [6, 6.07) is 13.1. The fourth-order valence-electron chi connectivity index (χ4n) is 1.49. The van der Waals surface area contributed by atoms with Gasteiger partial charge < -0.3 is 10.6 Å². The minimum atomic E-state index is -0.373. The van der Waals surface area contributed by atoms with Gasteiger partial charge in [-0.3, -0.25) is 0 Å². The number of halogens is 2. The molecule has 0 radical (unpaired) electrons. The van der Waals surface area contributed by atoms with Gasteiger partial charge in [0.1, 0.15) is 12.4 Å². The molecule has 0 aliphatic heterocycles. The number of benzene rings is 2. The second kappa shape index (κ2) is 6.20. The van der Waals surface area contributed by atoms with Crippen LogP contribution in [0.2, 0.25) is 5.02 Å². The number of rotatable bonds is 4. The van der Waals surface area contributed by atoms with Crippen LogP contribution in [0.4, 0.5) is 4.39 Å². The average molecular weight is 279 g/mol. The first-order valence-electron chi connectivity index (χ1n) is 5.61. The van der Waals surface area contributed by atoms with Crippen molar-refractivity contribution in [2.75, 3.05) is 0 Å². The van der Waals surface area contributed by atoms with Gasteiger partial charge in [-0.2, -0.15) is 0 Å². The molecule has 2 aromatic carbocycles. The zero-order valence-corrected chi connectivity index (χ0v) is 10.8. The molecule has 0 spiro atoms. The lowest BCUT2D eigenvalue weighted by atomic mass is 10.2. The van der Waals surface area contributed by atoms with Crippen molar-refractivity contribution in [3.63, 3.8) is 0 Å². The van der Waals surface area contributed by atoms with Gasteiger partial charge in [-0.1, -0.05) is 47.1 Å². The molecule has 0 unspecified atom stereocenters. The highest BCUT2D eigenvalue weighted by atomic mass is 35.5. The molecule has 2 aromatic rings. The Bertz CT molecular complexity index is 602. The molecule has 0 amide bonds. The lowest BCUT2D eigenvalue weighted by molar-refractivity contribution is 0.130. The van der Waals surface area contributed by atoms with Gasteiger partial charge in [0.2, 0.25) is 0 Å². The van der Waals surface area contributed by atoms with E-state index in [2.05, 4.69) is 5.16 Å². The molecule has 0 saturated carbocycles. The van der Waals surface area contributed by atoms with Gasteiger partial charge in [0.15, 0.2) is 5.84 Å². The number of hydrogen-bond donors (Lipinski definition) is 1. The highest BCUT2D eigenvalue weighted by Gasteiger charge is 2.02. The fraction of sp³-hybridized carbons (Fsp3) is 0.0714. The average Bonchev–Trinajstić information content (AvgIpc) is 2.41. The van der Waals surface area contributed by atoms with Crippen molar-refractivity contribution < 1.29 is 9.23 Å². The minimum Gasteiger partial charge on any atom is -0.389 e. The Morgan fingerprint density at radius 1 is 1.21 bits per heavy atom. The molecular weight excluding hydrogens is 267 g/mol. The van der Waals surface area contributed by atoms with Gasteiger partial charge in [0, 0.05) is 16.1 Å². The van der Waals surface area contributed by atoms with Gasteiger partial charge in [-0.05, 0) is 18.2 Å². The quantitative estimate of drug-likeness (QED) is 0.530. The largest absolute Gasteiger partial charge is 0.389 e. The first kappa shape index (κ1) is 13.4. The molecule has 0 aromatic heterocycles. The van der Waals surface area contributed by atoms with E-state index in [0.29, 0.717) is 10.6 Å². The highest BCUT2D eigenvalue weighted by Crippen LogP contribution is 2.15. The Morgan fingerprint density at radius 3 is 2.74 bits per heavy atom. The van der Waals surface area contributed by atoms with Crippen molar-refractivity contribution in [2.24, 2.45) is 10.9 Å². The van der Waals surface area contributed by atoms with E-state index in [1.807, 2.05) is 18.2 Å². The Hall–Kier alpha value is -2.07. The number of oxime groups is 1. The van der Waals surface area contributed by atoms with Crippen LogP contribution in [-0.2, 0) is 11.4 Å². The van der Waals surface area contributed by atoms with E-state index in [0.717, 1.165) is 5.56 Å². The number of hydrogen-bond acceptors (Lipinski definition) is 2. The SMILES string of the molecule is N/C(=N\OCc1ccccc1Cl)c1cccc(F)c1. The summed E-state index contributed by atoms with van der Waals surface area (Å²) in [6.07, 6.45) is 0. The molecular formula is C14H12ClFN2O. The zero-order valence-electron chi connectivity index (χ0n) is 10.0. The van der Waals surface area contributed by atoms with Crippen LogP contribution in [0.15, 0.2) is 53.7 Å². The summed E-state index contributed by atoms with van der Waals surface area (Å²) < 4.78 is 13.0. The molecule has 0 atom stereocenters. The topological polar surface area (TPSA) is 47.6 Å². The van der Waals surface area contributed by atoms with Crippen molar-refractivity contribution in [2.45, 2.75) is 6.61 Å². The first-order valence-corrected chi connectivity index (χ1v) is 5.99. The van der Waals surface area contributed by atoms with E-state index in [1.165, 1.54) is 12.1 Å². The molecule has 5 heteroatoms. The third-order valence-electron chi connectivity index (χ3n) is 2.46. The minimum absolute atomic E-state index is 0.117. The van der Waals surface area contributed by atoms with Gasteiger partial charge in [0.05, 0.1) is 0 Å². The smallest absolute Gasteiger partial charge is 0.170 e. The van der Waals surface area contributed by atoms with Gasteiger partial charge in [-0.15, -0.1) is 0 Å². The summed E-state index contributed by atoms with van der Waals surface area (Å²) in [6.45, 7) is 0.204. The second-order valence-electron chi connectivity index (χ2n) is 3.85. The molecule has 19 heavy (non-hydrogen) atoms. The molecule has 0 fully saturated rings. The Kier molecular flexibility index (Phi) is 4.36. The predicted octanol–water partition coefficient (Wildman–Crippen LogP) is 3.32. The lowest BCUT2D eigenvalue weighted by Crippen LogP contribution is -2.14. The molecule has 2 N–H and O–H groups in total. The predicted molar refractivity (Wildman–Crippen MR) is 73.4 cm³/mol. The summed E-state index contributed by atoms with van der Waals surface area (Å²) in [5.74, 6) is -0.256. The van der Waals surface area contributed by atoms with Gasteiger partial charge in [0.25, 0.3) is 0 Å². The molecule has 3 nitrogen and oxygen atoms in total. The third kappa shape index (κ3) is 3.69. The molecule has 0 aliphatic carbocycles. The Labute approximate surface area is 115 Å². The van der Waals surface area contributed by atoms with Crippen LogP contribution >= 0.6 is 11.6 Å². The molecule has 0 heterocycles. The van der Waals surface area contributed by atoms with Crippen LogP contribution in [0.25, 0.3) is 0 Å². The van der Waals surface area contributed by atoms with Crippen LogP contribution < -0.4 is 5.73 Å². The van der Waals surface area contributed by atoms with E-state index < -0.39 is 0 Å². The third-order valence-corrected chi connectivity index (χ3v) is 2.83. The Morgan fingerprint density at radius 2 is 2.00 bits per heavy atom. The van der Waals surface area contributed by atoms with Crippen LogP contribution in [0.5, 0.6) is 0 Å². The van der Waals surface area contributed by atoms with Crippen LogP contribution in [0.1, 0.15) is 11.1 Å². The van der Waals surface area contributed by atoms with Crippen molar-refractivity contribution in [1.29, 1.82) is 0 Å². The number of nitrogens with zero attached hydrogens (tertiary/aromatic N) is 1. The molecule has 0 aliphatic rings. The Balaban J connectivity index is 2.01. The van der Waals surface area contributed by atoms with Crippen LogP contribution in [-0.4, -0.2) is 5.84 Å². The number of nitrogens with two attached hydrogens (primary N) is 1. The summed E-state index contributed by atoms with van der Waals surface area (Å²) in [5, 5.41) is 4.34. The summed E-state index contributed by atoms with van der Waals surface area (Å²) in [4.78, 5) is 5.11. The van der Waals surface area contributed by atoms with Crippen molar-refractivity contribution in [1.82, 2.24) is 0 Å². The van der Waals surface area contributed by atoms with E-state index >= 15 is 0 Å². The van der Waals surface area contributed by atoms with Crippen molar-refractivity contribution in [3.8, 4) is 0 Å². The standard InChI is InChI=1S/C14H12ClFN2O/c15-13-7-2-1-4-11(13)9-19-18-14(17)10-5-3-6-12(16)8-10/h1-8H,9H2,(H2,17,18). The molecule has 0 saturated heterocycles. The summed E-state index contributed by atoms with van der Waals surface area (Å²) in [5.41, 5.74) is 6.97. The van der Waals surface area contributed by atoms with Crippen LogP contribution in [0, 0.1) is 5.82 Å². The van der Waals surface area contributed by atoms with Gasteiger partial charge in [-0.25, -0.2) is 4.39 Å². The lowest BCUT2D eigenvalue weighted by Gasteiger charge is -2.04. The van der Waals surface area contributed by atoms with E-state index in [9.17, 15) is 4.39 Å². The van der Waals surface area contributed by atoms with Gasteiger partial charge >= 0.3 is 0 Å². The van der Waals surface area contributed by atoms with Crippen molar-refractivity contribution >= 4 is 17.4 Å². The summed E-state index contributed by atoms with van der Waals surface area (Å²) in [7, 11) is 0. The second-order valence-corrected chi connectivity index (χ2v) is 4.26. The van der Waals surface area contributed by atoms with Crippen molar-refractivity contribution in [3.05, 3.63) is 70.5 Å². The first-order chi connectivity index (χ1) is 9.16. The molecule has 2 rings (SSSR count). The highest BCUT2D eigenvalue weighted by molar-refractivity contribution is 6.31. The van der Waals surface area contributed by atoms with E-state index in [-0.39, 0.29) is 18.3 Å². The summed E-state index contributed by atoms with van der Waals surface area (Å²) >= 11 is 5.97. The fourth-order valence-corrected chi connectivity index (χ4v) is 1.68. The van der Waals surface area contributed by atoms with E-state index in [4.69, 9.17) is 22.2 Å².